The van der Waals surface area contributed by atoms with E-state index in [1.54, 1.807) is 11.8 Å². The van der Waals surface area contributed by atoms with Gasteiger partial charge in [-0.05, 0) is 48.7 Å². The second-order valence-electron chi connectivity index (χ2n) is 9.06. The van der Waals surface area contributed by atoms with Crippen LogP contribution in [0.5, 0.6) is 0 Å². The van der Waals surface area contributed by atoms with E-state index in [2.05, 4.69) is 34.7 Å². The summed E-state index contributed by atoms with van der Waals surface area (Å²) in [5, 5.41) is 1.84. The highest BCUT2D eigenvalue weighted by Crippen LogP contribution is 2.27. The predicted molar refractivity (Wildman–Crippen MR) is 155 cm³/mol. The van der Waals surface area contributed by atoms with Gasteiger partial charge in [-0.1, -0.05) is 67.0 Å². The first-order valence-corrected chi connectivity index (χ1v) is 14.5. The molecule has 2 heterocycles. The van der Waals surface area contributed by atoms with E-state index in [4.69, 9.17) is 28.2 Å². The molecule has 0 atom stereocenters. The second-order valence-corrected chi connectivity index (χ2v) is 10.8. The molecule has 6 nitrogen and oxygen atoms in total. The standard InChI is InChI=1S/C28H33Cl2N5OS/c1-3-12-35(13-4-2)27(36)22-10-8-21(9-11-22)20-37-28-31-25(30)19-26(32-28)34-16-14-33(15-17-34)24-7-5-6-23(29)18-24/h5-11,18-19H,3-4,12-17,20H2,1-2H3. The number of rotatable bonds is 10. The molecule has 0 bridgehead atoms. The SMILES string of the molecule is CCCN(CCC)C(=O)c1ccc(CSc2nc(Cl)cc(N3CCN(c4cccc(Cl)c4)CC3)n2)cc1. The Balaban J connectivity index is 1.35. The summed E-state index contributed by atoms with van der Waals surface area (Å²) in [7, 11) is 0. The van der Waals surface area contributed by atoms with Gasteiger partial charge < -0.3 is 14.7 Å². The summed E-state index contributed by atoms with van der Waals surface area (Å²) >= 11 is 14.1. The van der Waals surface area contributed by atoms with E-state index >= 15 is 0 Å². The Morgan fingerprint density at radius 1 is 0.919 bits per heavy atom. The molecular weight excluding hydrogens is 525 g/mol. The molecule has 0 aliphatic carbocycles. The lowest BCUT2D eigenvalue weighted by molar-refractivity contribution is 0.0755. The van der Waals surface area contributed by atoms with Crippen molar-refractivity contribution in [3.05, 3.63) is 75.9 Å². The van der Waals surface area contributed by atoms with Gasteiger partial charge in [0, 0.05) is 67.4 Å². The van der Waals surface area contributed by atoms with Gasteiger partial charge in [0.25, 0.3) is 5.91 Å². The number of thioether (sulfide) groups is 1. The number of carbonyl (C=O) groups excluding carboxylic acids is 1. The maximum absolute atomic E-state index is 12.8. The third kappa shape index (κ3) is 7.53. The lowest BCUT2D eigenvalue weighted by Crippen LogP contribution is -2.46. The smallest absolute Gasteiger partial charge is 0.253 e. The first kappa shape index (κ1) is 27.6. The van der Waals surface area contributed by atoms with Crippen molar-refractivity contribution in [1.29, 1.82) is 0 Å². The summed E-state index contributed by atoms with van der Waals surface area (Å²) in [6, 6.07) is 17.7. The molecule has 1 saturated heterocycles. The maximum Gasteiger partial charge on any atom is 0.253 e. The molecule has 1 aromatic heterocycles. The third-order valence-electron chi connectivity index (χ3n) is 6.28. The number of halogens is 2. The number of anilines is 2. The van der Waals surface area contributed by atoms with E-state index in [1.165, 1.54) is 0 Å². The third-order valence-corrected chi connectivity index (χ3v) is 7.63. The van der Waals surface area contributed by atoms with Crippen molar-refractivity contribution in [2.45, 2.75) is 37.6 Å². The molecule has 1 aliphatic rings. The highest BCUT2D eigenvalue weighted by atomic mass is 35.5. The van der Waals surface area contributed by atoms with E-state index in [1.807, 2.05) is 53.4 Å². The number of piperazine rings is 1. The fraction of sp³-hybridized carbons (Fsp3) is 0.393. The molecule has 4 rings (SSSR count). The summed E-state index contributed by atoms with van der Waals surface area (Å²) < 4.78 is 0. The second kappa shape index (κ2) is 13.4. The van der Waals surface area contributed by atoms with Gasteiger partial charge in [0.05, 0.1) is 0 Å². The first-order valence-electron chi connectivity index (χ1n) is 12.8. The van der Waals surface area contributed by atoms with E-state index in [-0.39, 0.29) is 5.91 Å². The Hall–Kier alpha value is -2.48. The molecule has 1 amide bonds. The molecule has 2 aromatic carbocycles. The molecule has 0 radical (unpaired) electrons. The fourth-order valence-electron chi connectivity index (χ4n) is 4.41. The Morgan fingerprint density at radius 3 is 2.24 bits per heavy atom. The van der Waals surface area contributed by atoms with Crippen LogP contribution in [0.4, 0.5) is 11.5 Å². The lowest BCUT2D eigenvalue weighted by Gasteiger charge is -2.36. The van der Waals surface area contributed by atoms with Crippen molar-refractivity contribution in [2.24, 2.45) is 0 Å². The average Bonchev–Trinajstić information content (AvgIpc) is 2.91. The van der Waals surface area contributed by atoms with Crippen molar-refractivity contribution >= 4 is 52.4 Å². The number of aromatic nitrogens is 2. The van der Waals surface area contributed by atoms with Crippen LogP contribution in [0.1, 0.15) is 42.6 Å². The number of carbonyl (C=O) groups is 1. The van der Waals surface area contributed by atoms with Gasteiger partial charge in [-0.15, -0.1) is 0 Å². The van der Waals surface area contributed by atoms with Gasteiger partial charge in [-0.2, -0.15) is 0 Å². The van der Waals surface area contributed by atoms with Crippen LogP contribution in [0.15, 0.2) is 59.8 Å². The number of nitrogens with zero attached hydrogens (tertiary/aromatic N) is 5. The molecule has 1 aliphatic heterocycles. The van der Waals surface area contributed by atoms with Gasteiger partial charge in [0.1, 0.15) is 11.0 Å². The number of amides is 1. The molecule has 0 N–H and O–H groups in total. The highest BCUT2D eigenvalue weighted by molar-refractivity contribution is 7.98. The van der Waals surface area contributed by atoms with Crippen molar-refractivity contribution in [2.75, 3.05) is 49.1 Å². The van der Waals surface area contributed by atoms with E-state index < -0.39 is 0 Å². The van der Waals surface area contributed by atoms with Gasteiger partial charge in [-0.25, -0.2) is 9.97 Å². The zero-order valence-electron chi connectivity index (χ0n) is 21.4. The molecular formula is C28H33Cl2N5OS. The maximum atomic E-state index is 12.8. The Labute approximate surface area is 234 Å². The molecule has 0 unspecified atom stereocenters. The molecule has 9 heteroatoms. The minimum Gasteiger partial charge on any atom is -0.368 e. The average molecular weight is 559 g/mol. The Kier molecular flexibility index (Phi) is 9.95. The summed E-state index contributed by atoms with van der Waals surface area (Å²) in [6.07, 6.45) is 1.92. The zero-order chi connectivity index (χ0) is 26.2. The molecule has 0 saturated carbocycles. The van der Waals surface area contributed by atoms with Crippen LogP contribution in [-0.4, -0.2) is 60.0 Å². The van der Waals surface area contributed by atoms with Crippen molar-refractivity contribution < 1.29 is 4.79 Å². The van der Waals surface area contributed by atoms with Crippen LogP contribution in [-0.2, 0) is 5.75 Å². The predicted octanol–water partition coefficient (Wildman–Crippen LogP) is 6.66. The molecule has 196 valence electrons. The number of benzene rings is 2. The van der Waals surface area contributed by atoms with Crippen LogP contribution in [0.25, 0.3) is 0 Å². The first-order chi connectivity index (χ1) is 18.0. The van der Waals surface area contributed by atoms with Crippen molar-refractivity contribution in [1.82, 2.24) is 14.9 Å². The van der Waals surface area contributed by atoms with Crippen LogP contribution in [0, 0.1) is 0 Å². The Bertz CT molecular complexity index is 1180. The lowest BCUT2D eigenvalue weighted by atomic mass is 10.1. The minimum absolute atomic E-state index is 0.0983. The van der Waals surface area contributed by atoms with Crippen LogP contribution in [0.3, 0.4) is 0 Å². The van der Waals surface area contributed by atoms with Crippen LogP contribution < -0.4 is 9.80 Å². The van der Waals surface area contributed by atoms with E-state index in [0.29, 0.717) is 16.1 Å². The van der Waals surface area contributed by atoms with Crippen molar-refractivity contribution in [3.8, 4) is 0 Å². The van der Waals surface area contributed by atoms with Crippen molar-refractivity contribution in [3.63, 3.8) is 0 Å². The Morgan fingerprint density at radius 2 is 1.59 bits per heavy atom. The van der Waals surface area contributed by atoms with Gasteiger partial charge in [-0.3, -0.25) is 4.79 Å². The number of hydrogen-bond acceptors (Lipinski definition) is 6. The summed E-state index contributed by atoms with van der Waals surface area (Å²) in [4.78, 5) is 28.6. The zero-order valence-corrected chi connectivity index (χ0v) is 23.7. The van der Waals surface area contributed by atoms with Crippen LogP contribution in [0.2, 0.25) is 10.2 Å². The van der Waals surface area contributed by atoms with Gasteiger partial charge >= 0.3 is 0 Å². The van der Waals surface area contributed by atoms with Gasteiger partial charge in [0.15, 0.2) is 5.16 Å². The molecule has 0 spiro atoms. The molecule has 1 fully saturated rings. The number of hydrogen-bond donors (Lipinski definition) is 0. The summed E-state index contributed by atoms with van der Waals surface area (Å²) in [6.45, 7) is 9.20. The van der Waals surface area contributed by atoms with E-state index in [9.17, 15) is 4.79 Å². The quantitative estimate of drug-likeness (QED) is 0.158. The minimum atomic E-state index is 0.0983. The van der Waals surface area contributed by atoms with Crippen LogP contribution >= 0.6 is 35.0 Å². The monoisotopic (exact) mass is 557 g/mol. The topological polar surface area (TPSA) is 52.6 Å². The highest BCUT2D eigenvalue weighted by Gasteiger charge is 2.20. The molecule has 37 heavy (non-hydrogen) atoms. The summed E-state index contributed by atoms with van der Waals surface area (Å²) in [5.41, 5.74) is 2.98. The molecule has 3 aromatic rings. The summed E-state index contributed by atoms with van der Waals surface area (Å²) in [5.74, 6) is 1.65. The normalized spacial score (nSPS) is 13.6. The van der Waals surface area contributed by atoms with Gasteiger partial charge in [0.2, 0.25) is 0 Å². The van der Waals surface area contributed by atoms with E-state index in [0.717, 1.165) is 79.8 Å². The largest absolute Gasteiger partial charge is 0.368 e. The fourth-order valence-corrected chi connectivity index (χ4v) is 5.63.